The molecule has 2 nitrogen and oxygen atoms in total. The Labute approximate surface area is 103 Å². The maximum absolute atomic E-state index is 12.1. The van der Waals surface area contributed by atoms with Crippen LogP contribution < -0.4 is 0 Å². The van der Waals surface area contributed by atoms with Gasteiger partial charge in [0.15, 0.2) is 0 Å². The van der Waals surface area contributed by atoms with Gasteiger partial charge in [-0.3, -0.25) is 4.79 Å². The Morgan fingerprint density at radius 2 is 1.83 bits per heavy atom. The van der Waals surface area contributed by atoms with Crippen molar-refractivity contribution in [2.24, 2.45) is 5.92 Å². The molecule has 0 fully saturated rings. The van der Waals surface area contributed by atoms with Crippen molar-refractivity contribution in [3.63, 3.8) is 0 Å². The van der Waals surface area contributed by atoms with E-state index >= 15 is 0 Å². The second kappa shape index (κ2) is 6.33. The van der Waals surface area contributed by atoms with Crippen molar-refractivity contribution in [2.45, 2.75) is 25.4 Å². The van der Waals surface area contributed by atoms with E-state index in [1.54, 1.807) is 24.3 Å². The number of rotatable bonds is 6. The van der Waals surface area contributed by atoms with Gasteiger partial charge in [0, 0.05) is 6.42 Å². The van der Waals surface area contributed by atoms with Gasteiger partial charge in [-0.2, -0.15) is 13.2 Å². The summed E-state index contributed by atoms with van der Waals surface area (Å²) >= 11 is 0. The number of hydrogen-bond acceptors (Lipinski definition) is 2. The minimum atomic E-state index is -4.49. The fourth-order valence-corrected chi connectivity index (χ4v) is 1.58. The number of benzene rings is 1. The molecular weight excluding hydrogens is 245 g/mol. The van der Waals surface area contributed by atoms with Gasteiger partial charge in [-0.15, -0.1) is 0 Å². The van der Waals surface area contributed by atoms with E-state index in [4.69, 9.17) is 0 Å². The van der Waals surface area contributed by atoms with Crippen molar-refractivity contribution in [1.82, 2.24) is 0 Å². The highest BCUT2D eigenvalue weighted by Crippen LogP contribution is 2.25. The fraction of sp³-hybridized carbons (Fsp3) is 0.385. The van der Waals surface area contributed by atoms with Gasteiger partial charge in [0.25, 0.3) is 0 Å². The van der Waals surface area contributed by atoms with E-state index in [9.17, 15) is 22.8 Å². The average Bonchev–Trinajstić information content (AvgIpc) is 2.33. The summed E-state index contributed by atoms with van der Waals surface area (Å²) in [6, 6.07) is 8.95. The van der Waals surface area contributed by atoms with Crippen LogP contribution >= 0.6 is 0 Å². The van der Waals surface area contributed by atoms with E-state index in [-0.39, 0.29) is 12.7 Å². The summed E-state index contributed by atoms with van der Waals surface area (Å²) in [7, 11) is 0. The zero-order valence-corrected chi connectivity index (χ0v) is 9.61. The zero-order chi connectivity index (χ0) is 13.6. The molecule has 1 unspecified atom stereocenters. The minimum absolute atomic E-state index is 0.0521. The Bertz CT molecular complexity index is 398. The summed E-state index contributed by atoms with van der Waals surface area (Å²) in [5, 5.41) is 0. The van der Waals surface area contributed by atoms with Crippen LogP contribution in [0.5, 0.6) is 0 Å². The number of alkyl halides is 3. The van der Waals surface area contributed by atoms with E-state index < -0.39 is 24.3 Å². The van der Waals surface area contributed by atoms with Gasteiger partial charge in [0.1, 0.15) is 12.1 Å². The maximum Gasteiger partial charge on any atom is 0.390 e. The van der Waals surface area contributed by atoms with Gasteiger partial charge in [0.05, 0.1) is 12.3 Å². The quantitative estimate of drug-likeness (QED) is 0.580. The lowest BCUT2D eigenvalue weighted by molar-refractivity contribution is -0.155. The molecule has 0 N–H and O–H groups in total. The molecule has 0 saturated heterocycles. The molecule has 0 aliphatic heterocycles. The normalized spacial score (nSPS) is 13.1. The molecule has 0 spiro atoms. The lowest BCUT2D eigenvalue weighted by atomic mass is 9.96. The molecule has 0 radical (unpaired) electrons. The number of ketones is 1. The first-order valence-electron chi connectivity index (χ1n) is 5.51. The Hall–Kier alpha value is -1.65. The van der Waals surface area contributed by atoms with E-state index in [2.05, 4.69) is 0 Å². The van der Waals surface area contributed by atoms with Gasteiger partial charge < -0.3 is 4.79 Å². The molecule has 5 heteroatoms. The second-order valence-corrected chi connectivity index (χ2v) is 4.01. The van der Waals surface area contributed by atoms with Crippen LogP contribution in [-0.4, -0.2) is 18.2 Å². The number of carbonyl (C=O) groups excluding carboxylic acids is 2. The van der Waals surface area contributed by atoms with Crippen molar-refractivity contribution in [3.05, 3.63) is 35.9 Å². The minimum Gasteiger partial charge on any atom is -0.303 e. The Morgan fingerprint density at radius 1 is 1.22 bits per heavy atom. The highest BCUT2D eigenvalue weighted by Gasteiger charge is 2.34. The topological polar surface area (TPSA) is 34.1 Å². The van der Waals surface area contributed by atoms with Gasteiger partial charge in [-0.05, 0) is 12.0 Å². The molecule has 0 aromatic heterocycles. The van der Waals surface area contributed by atoms with Crippen molar-refractivity contribution in [1.29, 1.82) is 0 Å². The highest BCUT2D eigenvalue weighted by molar-refractivity contribution is 5.93. The third-order valence-corrected chi connectivity index (χ3v) is 2.53. The molecule has 0 heterocycles. The summed E-state index contributed by atoms with van der Waals surface area (Å²) in [4.78, 5) is 22.0. The summed E-state index contributed by atoms with van der Waals surface area (Å²) < 4.78 is 36.3. The molecule has 1 atom stereocenters. The third kappa shape index (κ3) is 5.12. The van der Waals surface area contributed by atoms with Crippen LogP contribution in [0, 0.1) is 5.92 Å². The molecule has 0 aliphatic rings. The molecule has 0 amide bonds. The van der Waals surface area contributed by atoms with Crippen LogP contribution in [0.2, 0.25) is 0 Å². The largest absolute Gasteiger partial charge is 0.390 e. The first kappa shape index (κ1) is 14.4. The van der Waals surface area contributed by atoms with E-state index in [1.807, 2.05) is 6.07 Å². The summed E-state index contributed by atoms with van der Waals surface area (Å²) in [5.74, 6) is -2.24. The highest BCUT2D eigenvalue weighted by atomic mass is 19.4. The van der Waals surface area contributed by atoms with Crippen LogP contribution in [-0.2, 0) is 16.0 Å². The standard InChI is InChI=1S/C13H13F3O2/c14-13(15,16)8-11(9-17)12(18)7-6-10-4-2-1-3-5-10/h1-5,9,11H,6-8H2. The van der Waals surface area contributed by atoms with Crippen LogP contribution in [0.25, 0.3) is 0 Å². The van der Waals surface area contributed by atoms with Crippen molar-refractivity contribution < 1.29 is 22.8 Å². The van der Waals surface area contributed by atoms with E-state index in [1.165, 1.54) is 0 Å². The smallest absolute Gasteiger partial charge is 0.303 e. The van der Waals surface area contributed by atoms with E-state index in [0.717, 1.165) is 5.56 Å². The lowest BCUT2D eigenvalue weighted by Gasteiger charge is -2.11. The number of halogens is 3. The van der Waals surface area contributed by atoms with Crippen LogP contribution in [0.1, 0.15) is 18.4 Å². The summed E-state index contributed by atoms with van der Waals surface area (Å²) in [5.41, 5.74) is 0.863. The number of Topliss-reactive ketones (excluding diaryl/α,β-unsaturated/α-hetero) is 1. The number of carbonyl (C=O) groups is 2. The van der Waals surface area contributed by atoms with Crippen LogP contribution in [0.15, 0.2) is 30.3 Å². The molecule has 18 heavy (non-hydrogen) atoms. The molecule has 1 aromatic carbocycles. The third-order valence-electron chi connectivity index (χ3n) is 2.53. The van der Waals surface area contributed by atoms with E-state index in [0.29, 0.717) is 6.42 Å². The molecular formula is C13H13F3O2. The lowest BCUT2D eigenvalue weighted by Crippen LogP contribution is -2.24. The first-order valence-corrected chi connectivity index (χ1v) is 5.51. The van der Waals surface area contributed by atoms with Crippen molar-refractivity contribution in [3.8, 4) is 0 Å². The van der Waals surface area contributed by atoms with Crippen LogP contribution in [0.4, 0.5) is 13.2 Å². The van der Waals surface area contributed by atoms with Crippen molar-refractivity contribution in [2.75, 3.05) is 0 Å². The molecule has 0 aliphatic carbocycles. The molecule has 1 aromatic rings. The maximum atomic E-state index is 12.1. The molecule has 1 rings (SSSR count). The monoisotopic (exact) mass is 258 g/mol. The number of aldehydes is 1. The van der Waals surface area contributed by atoms with Gasteiger partial charge in [-0.25, -0.2) is 0 Å². The zero-order valence-electron chi connectivity index (χ0n) is 9.61. The average molecular weight is 258 g/mol. The predicted molar refractivity (Wildman–Crippen MR) is 60.0 cm³/mol. The second-order valence-electron chi connectivity index (χ2n) is 4.01. The molecule has 0 bridgehead atoms. The Balaban J connectivity index is 2.51. The summed E-state index contributed by atoms with van der Waals surface area (Å²) in [6.45, 7) is 0. The van der Waals surface area contributed by atoms with Gasteiger partial charge >= 0.3 is 6.18 Å². The SMILES string of the molecule is O=CC(CC(F)(F)F)C(=O)CCc1ccccc1. The number of hydrogen-bond donors (Lipinski definition) is 0. The van der Waals surface area contributed by atoms with Gasteiger partial charge in [0.2, 0.25) is 0 Å². The van der Waals surface area contributed by atoms with Crippen molar-refractivity contribution >= 4 is 12.1 Å². The molecule has 98 valence electrons. The van der Waals surface area contributed by atoms with Crippen LogP contribution in [0.3, 0.4) is 0 Å². The molecule has 0 saturated carbocycles. The predicted octanol–water partition coefficient (Wildman–Crippen LogP) is 2.96. The summed E-state index contributed by atoms with van der Waals surface area (Å²) in [6.07, 6.45) is -5.48. The Morgan fingerprint density at radius 3 is 2.33 bits per heavy atom. The Kier molecular flexibility index (Phi) is 5.07. The number of aryl methyl sites for hydroxylation is 1. The van der Waals surface area contributed by atoms with Gasteiger partial charge in [-0.1, -0.05) is 30.3 Å². The first-order chi connectivity index (χ1) is 8.42. The fourth-order valence-electron chi connectivity index (χ4n) is 1.58.